The van der Waals surface area contributed by atoms with Crippen LogP contribution in [0.1, 0.15) is 0 Å². The van der Waals surface area contributed by atoms with Crippen molar-refractivity contribution in [1.29, 1.82) is 0 Å². The van der Waals surface area contributed by atoms with Crippen LogP contribution in [0.25, 0.3) is 82.7 Å². The van der Waals surface area contributed by atoms with Gasteiger partial charge >= 0.3 is 0 Å². The second-order valence-corrected chi connectivity index (χ2v) is 14.0. The number of hydrogen-bond acceptors (Lipinski definition) is 3. The third kappa shape index (κ3) is 5.19. The minimum absolute atomic E-state index is 0.626. The fourth-order valence-electron chi connectivity index (χ4n) is 8.22. The summed E-state index contributed by atoms with van der Waals surface area (Å²) in [7, 11) is 0. The fourth-order valence-corrected chi connectivity index (χ4v) is 8.22. The van der Waals surface area contributed by atoms with Crippen LogP contribution in [0, 0.1) is 0 Å². The summed E-state index contributed by atoms with van der Waals surface area (Å²) in [6, 6.07) is 71.2. The van der Waals surface area contributed by atoms with Crippen molar-refractivity contribution in [2.24, 2.45) is 0 Å². The largest absolute Gasteiger partial charge is 0.436 e. The first-order chi connectivity index (χ1) is 27.3. The highest BCUT2D eigenvalue weighted by atomic mass is 16.3. The van der Waals surface area contributed by atoms with Crippen LogP contribution in [-0.4, -0.2) is 9.55 Å². The first-order valence-electron chi connectivity index (χ1n) is 18.6. The van der Waals surface area contributed by atoms with Crippen LogP contribution in [0.2, 0.25) is 0 Å². The molecule has 11 aromatic rings. The summed E-state index contributed by atoms with van der Waals surface area (Å²) in [6.07, 6.45) is 0. The topological polar surface area (TPSA) is 34.2 Å². The summed E-state index contributed by atoms with van der Waals surface area (Å²) >= 11 is 0. The maximum absolute atomic E-state index is 6.29. The molecule has 0 bridgehead atoms. The first-order valence-corrected chi connectivity index (χ1v) is 18.6. The molecule has 0 aliphatic carbocycles. The van der Waals surface area contributed by atoms with E-state index in [1.165, 1.54) is 43.4 Å². The molecule has 2 aromatic heterocycles. The monoisotopic (exact) mass is 703 g/mol. The van der Waals surface area contributed by atoms with Gasteiger partial charge in [0.25, 0.3) is 0 Å². The number of oxazole rings is 1. The van der Waals surface area contributed by atoms with Gasteiger partial charge in [0.15, 0.2) is 5.58 Å². The molecule has 0 fully saturated rings. The molecule has 0 saturated heterocycles. The van der Waals surface area contributed by atoms with Crippen molar-refractivity contribution in [3.63, 3.8) is 0 Å². The highest BCUT2D eigenvalue weighted by Gasteiger charge is 2.20. The van der Waals surface area contributed by atoms with E-state index in [-0.39, 0.29) is 0 Å². The summed E-state index contributed by atoms with van der Waals surface area (Å²) in [4.78, 5) is 7.18. The second-order valence-electron chi connectivity index (χ2n) is 14.0. The normalized spacial score (nSPS) is 11.6. The van der Waals surface area contributed by atoms with Crippen molar-refractivity contribution in [2.45, 2.75) is 0 Å². The molecule has 4 heteroatoms. The van der Waals surface area contributed by atoms with Gasteiger partial charge in [0.1, 0.15) is 5.52 Å². The van der Waals surface area contributed by atoms with Crippen LogP contribution in [-0.2, 0) is 0 Å². The smallest absolute Gasteiger partial charge is 0.227 e. The van der Waals surface area contributed by atoms with E-state index >= 15 is 0 Å². The van der Waals surface area contributed by atoms with Gasteiger partial charge in [0.05, 0.1) is 16.7 Å². The quantitative estimate of drug-likeness (QED) is 0.173. The van der Waals surface area contributed by atoms with Crippen LogP contribution in [0.15, 0.2) is 205 Å². The summed E-state index contributed by atoms with van der Waals surface area (Å²) in [5.41, 5.74) is 11.5. The molecule has 2 heterocycles. The minimum atomic E-state index is 0.626. The van der Waals surface area contributed by atoms with E-state index in [1.54, 1.807) is 0 Å². The molecular weight excluding hydrogens is 671 g/mol. The third-order valence-electron chi connectivity index (χ3n) is 10.8. The van der Waals surface area contributed by atoms with Crippen LogP contribution in [0.3, 0.4) is 0 Å². The zero-order valence-corrected chi connectivity index (χ0v) is 29.8. The van der Waals surface area contributed by atoms with E-state index in [4.69, 9.17) is 9.40 Å². The number of hydrogen-bond donors (Lipinski definition) is 0. The van der Waals surface area contributed by atoms with Gasteiger partial charge in [-0.05, 0) is 94.7 Å². The minimum Gasteiger partial charge on any atom is -0.436 e. The molecule has 258 valence electrons. The predicted octanol–water partition coefficient (Wildman–Crippen LogP) is 14.0. The molecule has 11 rings (SSSR count). The standard InChI is InChI=1S/C51H33N3O/c1-3-15-36(16-4-1)51-52-46-29-26-38(32-49(46)55-51)37-18-11-21-40(31-37)53(47-24-12-17-34-13-7-9-22-42(34)47)41-27-30-48-45(33-41)44-28-25-35-14-8-10-23-43(35)50(44)54(48)39-19-5-2-6-20-39/h1-33H. The Kier molecular flexibility index (Phi) is 7.14. The fraction of sp³-hybridized carbons (Fsp3) is 0. The Hall–Kier alpha value is -7.43. The Morgan fingerprint density at radius 2 is 1.11 bits per heavy atom. The third-order valence-corrected chi connectivity index (χ3v) is 10.8. The number of anilines is 3. The van der Waals surface area contributed by atoms with Gasteiger partial charge in [-0.15, -0.1) is 0 Å². The summed E-state index contributed by atoms with van der Waals surface area (Å²) < 4.78 is 8.71. The molecule has 0 atom stereocenters. The molecule has 0 saturated carbocycles. The maximum Gasteiger partial charge on any atom is 0.227 e. The molecule has 55 heavy (non-hydrogen) atoms. The maximum atomic E-state index is 6.29. The van der Waals surface area contributed by atoms with Gasteiger partial charge in [-0.2, -0.15) is 0 Å². The lowest BCUT2D eigenvalue weighted by Gasteiger charge is -2.27. The highest BCUT2D eigenvalue weighted by Crippen LogP contribution is 2.44. The van der Waals surface area contributed by atoms with Crippen LogP contribution in [0.5, 0.6) is 0 Å². The molecule has 0 radical (unpaired) electrons. The Labute approximate surface area is 317 Å². The molecule has 0 amide bonds. The zero-order chi connectivity index (χ0) is 36.3. The van der Waals surface area contributed by atoms with Gasteiger partial charge in [-0.25, -0.2) is 4.98 Å². The molecule has 0 spiro atoms. The van der Waals surface area contributed by atoms with Crippen molar-refractivity contribution < 1.29 is 4.42 Å². The van der Waals surface area contributed by atoms with Crippen molar-refractivity contribution >= 4 is 71.5 Å². The number of para-hydroxylation sites is 1. The molecule has 0 aliphatic heterocycles. The van der Waals surface area contributed by atoms with Crippen molar-refractivity contribution in [2.75, 3.05) is 4.90 Å². The summed E-state index contributed by atoms with van der Waals surface area (Å²) in [5.74, 6) is 0.626. The van der Waals surface area contributed by atoms with Crippen LogP contribution < -0.4 is 4.90 Å². The van der Waals surface area contributed by atoms with Crippen molar-refractivity contribution in [1.82, 2.24) is 9.55 Å². The molecule has 0 unspecified atom stereocenters. The average molecular weight is 704 g/mol. The highest BCUT2D eigenvalue weighted by molar-refractivity contribution is 6.19. The number of fused-ring (bicyclic) bond motifs is 7. The van der Waals surface area contributed by atoms with E-state index in [9.17, 15) is 0 Å². The Morgan fingerprint density at radius 3 is 1.96 bits per heavy atom. The molecule has 9 aromatic carbocycles. The predicted molar refractivity (Wildman–Crippen MR) is 229 cm³/mol. The van der Waals surface area contributed by atoms with Crippen LogP contribution >= 0.6 is 0 Å². The second kappa shape index (κ2) is 12.6. The first kappa shape index (κ1) is 31.1. The van der Waals surface area contributed by atoms with Crippen molar-refractivity contribution in [3.05, 3.63) is 200 Å². The van der Waals surface area contributed by atoms with E-state index < -0.39 is 0 Å². The lowest BCUT2D eigenvalue weighted by Crippen LogP contribution is -2.10. The average Bonchev–Trinajstić information content (AvgIpc) is 3.84. The van der Waals surface area contributed by atoms with Crippen LogP contribution in [0.4, 0.5) is 17.1 Å². The van der Waals surface area contributed by atoms with E-state index in [0.29, 0.717) is 5.89 Å². The SMILES string of the molecule is c1ccc(-c2nc3ccc(-c4cccc(N(c5ccc6c(c5)c5ccc7ccccc7c5n6-c5ccccc5)c5cccc6ccccc56)c4)cc3o2)cc1. The molecular formula is C51H33N3O. The van der Waals surface area contributed by atoms with E-state index in [0.717, 1.165) is 50.5 Å². The van der Waals surface area contributed by atoms with Crippen molar-refractivity contribution in [3.8, 4) is 28.3 Å². The van der Waals surface area contributed by atoms with E-state index in [2.05, 4.69) is 179 Å². The van der Waals surface area contributed by atoms with Gasteiger partial charge in [-0.1, -0.05) is 127 Å². The Balaban J connectivity index is 1.12. The summed E-state index contributed by atoms with van der Waals surface area (Å²) in [5, 5.41) is 7.27. The molecule has 0 aliphatic rings. The zero-order valence-electron chi connectivity index (χ0n) is 29.8. The van der Waals surface area contributed by atoms with E-state index in [1.807, 2.05) is 30.3 Å². The van der Waals surface area contributed by atoms with Gasteiger partial charge in [0, 0.05) is 44.2 Å². The number of rotatable bonds is 6. The van der Waals surface area contributed by atoms with Gasteiger partial charge in [0.2, 0.25) is 5.89 Å². The lowest BCUT2D eigenvalue weighted by atomic mass is 10.0. The summed E-state index contributed by atoms with van der Waals surface area (Å²) in [6.45, 7) is 0. The number of benzene rings is 9. The number of aromatic nitrogens is 2. The van der Waals surface area contributed by atoms with Gasteiger partial charge in [-0.3, -0.25) is 0 Å². The Bertz CT molecular complexity index is 3210. The number of nitrogens with zero attached hydrogens (tertiary/aromatic N) is 3. The van der Waals surface area contributed by atoms with Gasteiger partial charge < -0.3 is 13.9 Å². The molecule has 4 nitrogen and oxygen atoms in total. The molecule has 0 N–H and O–H groups in total. The Morgan fingerprint density at radius 1 is 0.436 bits per heavy atom. The lowest BCUT2D eigenvalue weighted by molar-refractivity contribution is 0.620.